The molecule has 8 nitrogen and oxygen atoms in total. The number of imidazole rings is 1. The highest BCUT2D eigenvalue weighted by Gasteiger charge is 2.19. The van der Waals surface area contributed by atoms with Crippen LogP contribution >= 0.6 is 0 Å². The van der Waals surface area contributed by atoms with Gasteiger partial charge in [-0.1, -0.05) is 47.0 Å². The van der Waals surface area contributed by atoms with Crippen LogP contribution in [-0.4, -0.2) is 56.9 Å². The Labute approximate surface area is 216 Å². The third kappa shape index (κ3) is 8.63. The Hall–Kier alpha value is -2.92. The first-order valence-electron chi connectivity index (χ1n) is 13.8. The van der Waals surface area contributed by atoms with Crippen molar-refractivity contribution in [1.29, 1.82) is 5.26 Å². The molecule has 3 aromatic heterocycles. The zero-order chi connectivity index (χ0) is 26.3. The Kier molecular flexibility index (Phi) is 13.0. The number of hydrogen-bond acceptors (Lipinski definition) is 5. The van der Waals surface area contributed by atoms with Gasteiger partial charge in [-0.15, -0.1) is 0 Å². The summed E-state index contributed by atoms with van der Waals surface area (Å²) in [6, 6.07) is 4.47. The van der Waals surface area contributed by atoms with Crippen molar-refractivity contribution in [1.82, 2.24) is 30.2 Å². The maximum absolute atomic E-state index is 12.2. The zero-order valence-corrected chi connectivity index (χ0v) is 22.9. The fraction of sp³-hybridized carbons (Fsp3) is 0.643. The molecule has 2 aliphatic rings. The average Bonchev–Trinajstić information content (AvgIpc) is 3.55. The van der Waals surface area contributed by atoms with Crippen LogP contribution in [0.1, 0.15) is 84.9 Å². The number of pyridine rings is 1. The van der Waals surface area contributed by atoms with Crippen LogP contribution in [0.25, 0.3) is 22.1 Å². The van der Waals surface area contributed by atoms with Gasteiger partial charge in [0.05, 0.1) is 24.2 Å². The second-order valence-electron chi connectivity index (χ2n) is 9.13. The SMILES string of the molecule is CC.CC.CN1CCC(NC(=O)Cc2nc3c(cnc4[nH]ccc43)[nH]2)CC1.N#CCC1CCCCC1. The molecule has 3 aromatic rings. The highest BCUT2D eigenvalue weighted by atomic mass is 16.1. The molecule has 8 heteroatoms. The topological polar surface area (TPSA) is 113 Å². The predicted molar refractivity (Wildman–Crippen MR) is 148 cm³/mol. The number of H-pyrrole nitrogens is 2. The van der Waals surface area contributed by atoms with Gasteiger partial charge in [-0.25, -0.2) is 9.97 Å². The second kappa shape index (κ2) is 15.9. The minimum Gasteiger partial charge on any atom is -0.353 e. The monoisotopic (exact) mass is 495 g/mol. The Morgan fingerprint density at radius 2 is 1.83 bits per heavy atom. The zero-order valence-electron chi connectivity index (χ0n) is 22.9. The molecule has 198 valence electrons. The summed E-state index contributed by atoms with van der Waals surface area (Å²) in [4.78, 5) is 29.7. The largest absolute Gasteiger partial charge is 0.353 e. The van der Waals surface area contributed by atoms with Crippen molar-refractivity contribution in [3.63, 3.8) is 0 Å². The van der Waals surface area contributed by atoms with E-state index in [1.54, 1.807) is 6.20 Å². The van der Waals surface area contributed by atoms with Crippen molar-refractivity contribution in [2.45, 2.75) is 91.5 Å². The first-order chi connectivity index (χ1) is 17.6. The highest BCUT2D eigenvalue weighted by molar-refractivity contribution is 6.00. The van der Waals surface area contributed by atoms with E-state index in [0.29, 0.717) is 5.82 Å². The number of nitriles is 1. The van der Waals surface area contributed by atoms with Gasteiger partial charge in [0.2, 0.25) is 5.91 Å². The third-order valence-corrected chi connectivity index (χ3v) is 6.60. The Bertz CT molecular complexity index is 1070. The molecular formula is C28H45N7O. The van der Waals surface area contributed by atoms with Crippen molar-refractivity contribution in [2.24, 2.45) is 5.92 Å². The molecule has 1 aliphatic heterocycles. The fourth-order valence-corrected chi connectivity index (χ4v) is 4.71. The molecule has 0 bridgehead atoms. The normalized spacial score (nSPS) is 16.6. The lowest BCUT2D eigenvalue weighted by atomic mass is 9.87. The standard InChI is InChI=1S/C16H20N6O.C8H13N.2C2H6/c1-22-6-3-10(4-7-22)19-14(23)8-13-20-12-9-18-16-11(2-5-17-16)15(12)21-13;9-7-6-8-4-2-1-3-5-8;2*1-2/h2,5,9-10H,3-4,6-8H2,1H3,(H,17,18)(H,19,23)(H,20,21);8H,1-6H2;2*1-2H3. The number of amides is 1. The molecule has 0 unspecified atom stereocenters. The number of piperidine rings is 1. The molecule has 36 heavy (non-hydrogen) atoms. The Morgan fingerprint density at radius 1 is 1.14 bits per heavy atom. The summed E-state index contributed by atoms with van der Waals surface area (Å²) in [5.74, 6) is 1.45. The minimum atomic E-state index is 0.0249. The molecular weight excluding hydrogens is 450 g/mol. The predicted octanol–water partition coefficient (Wildman–Crippen LogP) is 5.72. The molecule has 1 saturated carbocycles. The van der Waals surface area contributed by atoms with Crippen LogP contribution in [0.4, 0.5) is 0 Å². The van der Waals surface area contributed by atoms with Gasteiger partial charge < -0.3 is 20.2 Å². The van der Waals surface area contributed by atoms with Crippen molar-refractivity contribution in [2.75, 3.05) is 20.1 Å². The van der Waals surface area contributed by atoms with Crippen molar-refractivity contribution in [3.8, 4) is 6.07 Å². The molecule has 1 amide bonds. The maximum Gasteiger partial charge on any atom is 0.227 e. The van der Waals surface area contributed by atoms with Crippen LogP contribution in [0.2, 0.25) is 0 Å². The van der Waals surface area contributed by atoms with E-state index in [-0.39, 0.29) is 18.4 Å². The third-order valence-electron chi connectivity index (χ3n) is 6.60. The van der Waals surface area contributed by atoms with Gasteiger partial charge in [-0.2, -0.15) is 5.26 Å². The van der Waals surface area contributed by atoms with Gasteiger partial charge in [-0.3, -0.25) is 4.79 Å². The summed E-state index contributed by atoms with van der Waals surface area (Å²) in [6.45, 7) is 10.1. The number of aromatic nitrogens is 4. The van der Waals surface area contributed by atoms with Crippen LogP contribution in [0, 0.1) is 17.2 Å². The summed E-state index contributed by atoms with van der Waals surface area (Å²) >= 11 is 0. The quantitative estimate of drug-likeness (QED) is 0.428. The molecule has 2 fully saturated rings. The molecule has 1 saturated heterocycles. The number of hydrogen-bond donors (Lipinski definition) is 3. The molecule has 3 N–H and O–H groups in total. The fourth-order valence-electron chi connectivity index (χ4n) is 4.71. The maximum atomic E-state index is 12.2. The Morgan fingerprint density at radius 3 is 2.50 bits per heavy atom. The second-order valence-corrected chi connectivity index (χ2v) is 9.13. The molecule has 5 rings (SSSR count). The van der Waals surface area contributed by atoms with Gasteiger partial charge in [0, 0.05) is 24.0 Å². The number of likely N-dealkylation sites (tertiary alicyclic amines) is 1. The number of nitrogens with zero attached hydrogens (tertiary/aromatic N) is 4. The number of fused-ring (bicyclic) bond motifs is 3. The lowest BCUT2D eigenvalue weighted by Gasteiger charge is -2.29. The lowest BCUT2D eigenvalue weighted by molar-refractivity contribution is -0.121. The van der Waals surface area contributed by atoms with E-state index in [1.807, 2.05) is 40.0 Å². The molecule has 0 atom stereocenters. The summed E-state index contributed by atoms with van der Waals surface area (Å²) in [6.07, 6.45) is 13.4. The first kappa shape index (κ1) is 29.3. The molecule has 0 radical (unpaired) electrons. The number of nitrogens with one attached hydrogen (secondary N) is 3. The smallest absolute Gasteiger partial charge is 0.227 e. The van der Waals surface area contributed by atoms with E-state index in [4.69, 9.17) is 5.26 Å². The van der Waals surface area contributed by atoms with Gasteiger partial charge in [0.15, 0.2) is 0 Å². The van der Waals surface area contributed by atoms with E-state index in [2.05, 4.69) is 43.3 Å². The average molecular weight is 496 g/mol. The van der Waals surface area contributed by atoms with E-state index in [9.17, 15) is 4.79 Å². The van der Waals surface area contributed by atoms with Crippen LogP contribution in [0.15, 0.2) is 18.5 Å². The Balaban J connectivity index is 0.000000295. The van der Waals surface area contributed by atoms with Gasteiger partial charge in [0.1, 0.15) is 17.0 Å². The van der Waals surface area contributed by atoms with Crippen LogP contribution in [0.3, 0.4) is 0 Å². The van der Waals surface area contributed by atoms with Crippen LogP contribution in [0.5, 0.6) is 0 Å². The van der Waals surface area contributed by atoms with E-state index >= 15 is 0 Å². The number of aromatic amines is 2. The minimum absolute atomic E-state index is 0.0249. The lowest BCUT2D eigenvalue weighted by Crippen LogP contribution is -2.43. The highest BCUT2D eigenvalue weighted by Crippen LogP contribution is 2.25. The van der Waals surface area contributed by atoms with Gasteiger partial charge in [0.25, 0.3) is 0 Å². The number of carbonyl (C=O) groups excluding carboxylic acids is 1. The molecule has 4 heterocycles. The van der Waals surface area contributed by atoms with E-state index < -0.39 is 0 Å². The van der Waals surface area contributed by atoms with Crippen LogP contribution < -0.4 is 5.32 Å². The van der Waals surface area contributed by atoms with Crippen molar-refractivity contribution in [3.05, 3.63) is 24.3 Å². The summed E-state index contributed by atoms with van der Waals surface area (Å²) < 4.78 is 0. The van der Waals surface area contributed by atoms with E-state index in [1.165, 1.54) is 32.1 Å². The first-order valence-corrected chi connectivity index (χ1v) is 13.8. The van der Waals surface area contributed by atoms with E-state index in [0.717, 1.165) is 60.3 Å². The summed E-state index contributed by atoms with van der Waals surface area (Å²) in [7, 11) is 2.11. The molecule has 1 aliphatic carbocycles. The summed E-state index contributed by atoms with van der Waals surface area (Å²) in [5.41, 5.74) is 2.53. The summed E-state index contributed by atoms with van der Waals surface area (Å²) in [5, 5.41) is 12.5. The van der Waals surface area contributed by atoms with Crippen LogP contribution in [-0.2, 0) is 11.2 Å². The number of rotatable bonds is 4. The van der Waals surface area contributed by atoms with Crippen molar-refractivity contribution >= 4 is 28.0 Å². The van der Waals surface area contributed by atoms with Gasteiger partial charge >= 0.3 is 0 Å². The van der Waals surface area contributed by atoms with Crippen molar-refractivity contribution < 1.29 is 4.79 Å². The van der Waals surface area contributed by atoms with Gasteiger partial charge in [-0.05, 0) is 57.8 Å². The molecule has 0 aromatic carbocycles. The number of carbonyl (C=O) groups is 1. The molecule has 0 spiro atoms.